The summed E-state index contributed by atoms with van der Waals surface area (Å²) in [7, 11) is 1.87. The van der Waals surface area contributed by atoms with E-state index in [2.05, 4.69) is 15.9 Å². The zero-order chi connectivity index (χ0) is 10.6. The zero-order valence-corrected chi connectivity index (χ0v) is 10.8. The number of amides is 1. The molecule has 78 valence electrons. The van der Waals surface area contributed by atoms with Gasteiger partial charge in [-0.3, -0.25) is 4.79 Å². The molecule has 0 aromatic carbocycles. The van der Waals surface area contributed by atoms with E-state index in [-0.39, 0.29) is 17.4 Å². The highest BCUT2D eigenvalue weighted by Crippen LogP contribution is 2.23. The fourth-order valence-electron chi connectivity index (χ4n) is 0.932. The van der Waals surface area contributed by atoms with Gasteiger partial charge in [0.25, 0.3) is 0 Å². The van der Waals surface area contributed by atoms with E-state index in [1.165, 1.54) is 0 Å². The summed E-state index contributed by atoms with van der Waals surface area (Å²) in [6, 6.07) is 0.262. The van der Waals surface area contributed by atoms with E-state index < -0.39 is 0 Å². The molecule has 0 fully saturated rings. The molecule has 0 aromatic heterocycles. The topological polar surface area (TPSA) is 20.3 Å². The van der Waals surface area contributed by atoms with Crippen LogP contribution in [0.2, 0.25) is 0 Å². The molecular formula is C10H20BrNO. The molecule has 0 aliphatic heterocycles. The van der Waals surface area contributed by atoms with Crippen LogP contribution < -0.4 is 0 Å². The molecule has 1 unspecified atom stereocenters. The first-order valence-corrected chi connectivity index (χ1v) is 5.82. The summed E-state index contributed by atoms with van der Waals surface area (Å²) in [6.45, 7) is 8.07. The first-order chi connectivity index (χ1) is 5.86. The van der Waals surface area contributed by atoms with E-state index in [0.29, 0.717) is 0 Å². The van der Waals surface area contributed by atoms with Gasteiger partial charge < -0.3 is 4.90 Å². The molecule has 0 heterocycles. The van der Waals surface area contributed by atoms with Crippen LogP contribution in [0.5, 0.6) is 0 Å². The van der Waals surface area contributed by atoms with Gasteiger partial charge in [-0.05, 0) is 13.3 Å². The number of rotatable bonds is 4. The predicted molar refractivity (Wildman–Crippen MR) is 60.1 cm³/mol. The van der Waals surface area contributed by atoms with Crippen LogP contribution in [0, 0.1) is 5.41 Å². The van der Waals surface area contributed by atoms with Crippen LogP contribution in [-0.2, 0) is 4.79 Å². The Morgan fingerprint density at radius 3 is 2.31 bits per heavy atom. The molecule has 0 bridgehead atoms. The molecule has 0 spiro atoms. The van der Waals surface area contributed by atoms with Gasteiger partial charge in [0.2, 0.25) is 5.91 Å². The second-order valence-corrected chi connectivity index (χ2v) is 4.80. The fraction of sp³-hybridized carbons (Fsp3) is 0.900. The molecule has 0 saturated carbocycles. The summed E-state index contributed by atoms with van der Waals surface area (Å²) in [5, 5.41) is 0.828. The number of nitrogens with zero attached hydrogens (tertiary/aromatic N) is 1. The average Bonchev–Trinajstić information content (AvgIpc) is 2.14. The van der Waals surface area contributed by atoms with Crippen molar-refractivity contribution in [2.24, 2.45) is 5.41 Å². The average molecular weight is 250 g/mol. The predicted octanol–water partition coefficient (Wildman–Crippen LogP) is 2.66. The minimum absolute atomic E-state index is 0.224. The van der Waals surface area contributed by atoms with E-state index in [0.717, 1.165) is 11.8 Å². The van der Waals surface area contributed by atoms with Gasteiger partial charge in [0, 0.05) is 23.8 Å². The number of alkyl halides is 1. The molecular weight excluding hydrogens is 230 g/mol. The van der Waals surface area contributed by atoms with Crippen LogP contribution in [0.4, 0.5) is 0 Å². The first-order valence-electron chi connectivity index (χ1n) is 4.70. The van der Waals surface area contributed by atoms with Crippen LogP contribution in [0.1, 0.15) is 34.1 Å². The van der Waals surface area contributed by atoms with Crippen molar-refractivity contribution in [2.75, 3.05) is 12.4 Å². The quantitative estimate of drug-likeness (QED) is 0.702. The van der Waals surface area contributed by atoms with Gasteiger partial charge >= 0.3 is 0 Å². The monoisotopic (exact) mass is 249 g/mol. The highest BCUT2D eigenvalue weighted by molar-refractivity contribution is 9.09. The highest BCUT2D eigenvalue weighted by atomic mass is 79.9. The molecule has 1 amide bonds. The Kier molecular flexibility index (Phi) is 4.97. The van der Waals surface area contributed by atoms with Crippen molar-refractivity contribution in [1.82, 2.24) is 4.90 Å². The standard InChI is InChI=1S/C10H20BrNO/c1-6-10(3,4)9(13)12(5)8(2)7-11/h8H,6-7H2,1-5H3. The lowest BCUT2D eigenvalue weighted by atomic mass is 9.88. The lowest BCUT2D eigenvalue weighted by Gasteiger charge is -2.31. The van der Waals surface area contributed by atoms with Gasteiger partial charge in [0.15, 0.2) is 0 Å². The molecule has 0 aromatic rings. The molecule has 0 rings (SSSR count). The summed E-state index contributed by atoms with van der Waals surface area (Å²) in [5.41, 5.74) is -0.231. The van der Waals surface area contributed by atoms with Crippen molar-refractivity contribution in [3.05, 3.63) is 0 Å². The van der Waals surface area contributed by atoms with Crippen molar-refractivity contribution >= 4 is 21.8 Å². The third kappa shape index (κ3) is 3.29. The summed E-state index contributed by atoms with van der Waals surface area (Å²) >= 11 is 3.38. The molecule has 0 aliphatic rings. The molecule has 0 N–H and O–H groups in total. The van der Waals surface area contributed by atoms with E-state index in [4.69, 9.17) is 0 Å². The SMILES string of the molecule is CCC(C)(C)C(=O)N(C)C(C)CBr. The van der Waals surface area contributed by atoms with E-state index >= 15 is 0 Å². The highest BCUT2D eigenvalue weighted by Gasteiger charge is 2.29. The van der Waals surface area contributed by atoms with Crippen molar-refractivity contribution in [1.29, 1.82) is 0 Å². The van der Waals surface area contributed by atoms with Crippen LogP contribution >= 0.6 is 15.9 Å². The van der Waals surface area contributed by atoms with Gasteiger partial charge in [-0.25, -0.2) is 0 Å². The summed E-state index contributed by atoms with van der Waals surface area (Å²) < 4.78 is 0. The Balaban J connectivity index is 4.42. The van der Waals surface area contributed by atoms with Gasteiger partial charge in [-0.2, -0.15) is 0 Å². The number of hydrogen-bond acceptors (Lipinski definition) is 1. The van der Waals surface area contributed by atoms with Crippen molar-refractivity contribution in [2.45, 2.75) is 40.2 Å². The second kappa shape index (κ2) is 4.99. The minimum Gasteiger partial charge on any atom is -0.342 e. The second-order valence-electron chi connectivity index (χ2n) is 4.16. The Labute approximate surface area is 89.8 Å². The number of carbonyl (C=O) groups excluding carboxylic acids is 1. The van der Waals surface area contributed by atoms with Gasteiger partial charge in [0.05, 0.1) is 0 Å². The maximum atomic E-state index is 11.9. The third-order valence-corrected chi connectivity index (χ3v) is 3.60. The Morgan fingerprint density at radius 1 is 1.54 bits per heavy atom. The molecule has 13 heavy (non-hydrogen) atoms. The lowest BCUT2D eigenvalue weighted by molar-refractivity contribution is -0.140. The van der Waals surface area contributed by atoms with E-state index in [9.17, 15) is 4.79 Å². The Bertz CT molecular complexity index is 180. The zero-order valence-electron chi connectivity index (χ0n) is 9.22. The molecule has 0 radical (unpaired) electrons. The van der Waals surface area contributed by atoms with E-state index in [1.54, 1.807) is 0 Å². The van der Waals surface area contributed by atoms with Crippen LogP contribution in [0.15, 0.2) is 0 Å². The molecule has 0 aliphatic carbocycles. The number of halogens is 1. The smallest absolute Gasteiger partial charge is 0.228 e. The van der Waals surface area contributed by atoms with Gasteiger partial charge in [-0.15, -0.1) is 0 Å². The largest absolute Gasteiger partial charge is 0.342 e. The maximum Gasteiger partial charge on any atom is 0.228 e. The van der Waals surface area contributed by atoms with Gasteiger partial charge in [0.1, 0.15) is 0 Å². The van der Waals surface area contributed by atoms with E-state index in [1.807, 2.05) is 39.6 Å². The van der Waals surface area contributed by atoms with Crippen molar-refractivity contribution < 1.29 is 4.79 Å². The number of carbonyl (C=O) groups is 1. The van der Waals surface area contributed by atoms with Crippen LogP contribution in [0.25, 0.3) is 0 Å². The number of hydrogen-bond donors (Lipinski definition) is 0. The van der Waals surface area contributed by atoms with Crippen molar-refractivity contribution in [3.63, 3.8) is 0 Å². The maximum absolute atomic E-state index is 11.9. The summed E-state index contributed by atoms with van der Waals surface area (Å²) in [5.74, 6) is 0.224. The summed E-state index contributed by atoms with van der Waals surface area (Å²) in [4.78, 5) is 13.7. The van der Waals surface area contributed by atoms with Crippen LogP contribution in [0.3, 0.4) is 0 Å². The molecule has 3 heteroatoms. The summed E-state index contributed by atoms with van der Waals surface area (Å²) in [6.07, 6.45) is 0.880. The fourth-order valence-corrected chi connectivity index (χ4v) is 1.37. The van der Waals surface area contributed by atoms with Crippen LogP contribution in [-0.4, -0.2) is 29.2 Å². The van der Waals surface area contributed by atoms with Gasteiger partial charge in [-0.1, -0.05) is 36.7 Å². The molecule has 0 saturated heterocycles. The Hall–Kier alpha value is -0.0500. The third-order valence-electron chi connectivity index (χ3n) is 2.67. The Morgan fingerprint density at radius 2 is 2.00 bits per heavy atom. The minimum atomic E-state index is -0.231. The molecule has 2 nitrogen and oxygen atoms in total. The van der Waals surface area contributed by atoms with Crippen molar-refractivity contribution in [3.8, 4) is 0 Å². The molecule has 1 atom stereocenters. The first kappa shape index (κ1) is 12.9. The normalized spacial score (nSPS) is 14.0. The lowest BCUT2D eigenvalue weighted by Crippen LogP contribution is -2.43.